The van der Waals surface area contributed by atoms with Crippen LogP contribution in [0, 0.1) is 12.8 Å². The standard InChI is InChI=1S/C24H27N5O3/c1-17-20(5-3-10-26-17)23(30)29-11-7-24(8-12-29)15-18(6-13-31-24)14-21-27-22(28-32-21)19-4-2-9-25-16-19/h2-5,9-10,16,18H,6-8,11-15H2,1H3. The average molecular weight is 434 g/mol. The van der Waals surface area contributed by atoms with Gasteiger partial charge in [0.05, 0.1) is 11.2 Å². The van der Waals surface area contributed by atoms with Gasteiger partial charge in [0.25, 0.3) is 5.91 Å². The smallest absolute Gasteiger partial charge is 0.255 e. The lowest BCUT2D eigenvalue weighted by Crippen LogP contribution is -2.51. The van der Waals surface area contributed by atoms with Gasteiger partial charge in [-0.2, -0.15) is 4.98 Å². The van der Waals surface area contributed by atoms with E-state index in [1.165, 1.54) is 0 Å². The van der Waals surface area contributed by atoms with Crippen molar-refractivity contribution in [2.75, 3.05) is 19.7 Å². The van der Waals surface area contributed by atoms with Gasteiger partial charge in [-0.25, -0.2) is 0 Å². The van der Waals surface area contributed by atoms with E-state index in [-0.39, 0.29) is 11.5 Å². The number of hydrogen-bond acceptors (Lipinski definition) is 7. The first-order valence-corrected chi connectivity index (χ1v) is 11.2. The molecule has 2 saturated heterocycles. The normalized spacial score (nSPS) is 20.4. The van der Waals surface area contributed by atoms with E-state index in [0.29, 0.717) is 36.3 Å². The van der Waals surface area contributed by atoms with Crippen molar-refractivity contribution in [1.82, 2.24) is 25.0 Å². The van der Waals surface area contributed by atoms with Gasteiger partial charge in [-0.15, -0.1) is 0 Å². The number of rotatable bonds is 4. The summed E-state index contributed by atoms with van der Waals surface area (Å²) < 4.78 is 11.8. The van der Waals surface area contributed by atoms with E-state index in [9.17, 15) is 4.79 Å². The van der Waals surface area contributed by atoms with Crippen LogP contribution in [0.4, 0.5) is 0 Å². The van der Waals surface area contributed by atoms with Crippen LogP contribution in [0.5, 0.6) is 0 Å². The fourth-order valence-corrected chi connectivity index (χ4v) is 4.85. The minimum atomic E-state index is -0.171. The number of nitrogens with zero attached hydrogens (tertiary/aromatic N) is 5. The second kappa shape index (κ2) is 8.78. The van der Waals surface area contributed by atoms with Crippen LogP contribution in [-0.4, -0.2) is 56.2 Å². The van der Waals surface area contributed by atoms with E-state index in [0.717, 1.165) is 50.0 Å². The number of likely N-dealkylation sites (tertiary alicyclic amines) is 1. The van der Waals surface area contributed by atoms with Crippen molar-refractivity contribution >= 4 is 5.91 Å². The second-order valence-corrected chi connectivity index (χ2v) is 8.78. The molecule has 8 nitrogen and oxygen atoms in total. The van der Waals surface area contributed by atoms with Crippen LogP contribution in [0.1, 0.15) is 47.6 Å². The highest BCUT2D eigenvalue weighted by Gasteiger charge is 2.41. The maximum atomic E-state index is 12.9. The molecular formula is C24H27N5O3. The SMILES string of the molecule is Cc1ncccc1C(=O)N1CCC2(CC1)CC(Cc1nc(-c3cccnc3)no1)CCO2. The Morgan fingerprint density at radius 1 is 1.22 bits per heavy atom. The van der Waals surface area contributed by atoms with Crippen molar-refractivity contribution in [2.45, 2.75) is 44.6 Å². The van der Waals surface area contributed by atoms with E-state index < -0.39 is 0 Å². The third kappa shape index (κ3) is 4.27. The Bertz CT molecular complexity index is 1080. The van der Waals surface area contributed by atoms with Gasteiger partial charge >= 0.3 is 0 Å². The zero-order valence-corrected chi connectivity index (χ0v) is 18.2. The molecule has 5 heterocycles. The molecule has 2 fully saturated rings. The Labute approximate surface area is 187 Å². The largest absolute Gasteiger partial charge is 0.375 e. The molecule has 1 amide bonds. The first-order chi connectivity index (χ1) is 15.6. The molecule has 3 aromatic heterocycles. The molecule has 0 saturated carbocycles. The molecule has 2 aliphatic rings. The summed E-state index contributed by atoms with van der Waals surface area (Å²) >= 11 is 0. The first-order valence-electron chi connectivity index (χ1n) is 11.2. The van der Waals surface area contributed by atoms with Crippen LogP contribution >= 0.6 is 0 Å². The van der Waals surface area contributed by atoms with Crippen molar-refractivity contribution in [3.63, 3.8) is 0 Å². The molecule has 0 radical (unpaired) electrons. The molecular weight excluding hydrogens is 406 g/mol. The summed E-state index contributed by atoms with van der Waals surface area (Å²) in [6.45, 7) is 4.01. The van der Waals surface area contributed by atoms with Crippen LogP contribution in [0.2, 0.25) is 0 Å². The monoisotopic (exact) mass is 433 g/mol. The lowest BCUT2D eigenvalue weighted by atomic mass is 9.78. The third-order valence-corrected chi connectivity index (χ3v) is 6.65. The lowest BCUT2D eigenvalue weighted by molar-refractivity contribution is -0.124. The summed E-state index contributed by atoms with van der Waals surface area (Å²) in [7, 11) is 0. The Hall–Kier alpha value is -3.13. The molecule has 0 aliphatic carbocycles. The predicted octanol–water partition coefficient (Wildman–Crippen LogP) is 3.48. The average Bonchev–Trinajstić information content (AvgIpc) is 3.29. The molecule has 3 aromatic rings. The van der Waals surface area contributed by atoms with Gasteiger partial charge in [-0.1, -0.05) is 5.16 Å². The van der Waals surface area contributed by atoms with Crippen molar-refractivity contribution in [3.8, 4) is 11.4 Å². The summed E-state index contributed by atoms with van der Waals surface area (Å²) in [5.74, 6) is 1.72. The third-order valence-electron chi connectivity index (χ3n) is 6.65. The Morgan fingerprint density at radius 3 is 2.84 bits per heavy atom. The summed E-state index contributed by atoms with van der Waals surface area (Å²) in [6, 6.07) is 7.46. The molecule has 5 rings (SSSR count). The Balaban J connectivity index is 1.20. The van der Waals surface area contributed by atoms with Crippen molar-refractivity contribution in [2.24, 2.45) is 5.92 Å². The first kappa shape index (κ1) is 20.8. The molecule has 166 valence electrons. The van der Waals surface area contributed by atoms with Gasteiger partial charge in [0.2, 0.25) is 11.7 Å². The van der Waals surface area contributed by atoms with Crippen LogP contribution in [0.3, 0.4) is 0 Å². The van der Waals surface area contributed by atoms with Crippen LogP contribution in [-0.2, 0) is 11.2 Å². The number of aromatic nitrogens is 4. The van der Waals surface area contributed by atoms with Gasteiger partial charge in [-0.3, -0.25) is 14.8 Å². The van der Waals surface area contributed by atoms with Crippen LogP contribution in [0.15, 0.2) is 47.4 Å². The number of amides is 1. The molecule has 0 aromatic carbocycles. The maximum absolute atomic E-state index is 12.9. The van der Waals surface area contributed by atoms with Gasteiger partial charge in [0.15, 0.2) is 0 Å². The summed E-state index contributed by atoms with van der Waals surface area (Å²) in [4.78, 5) is 27.8. The molecule has 1 atom stereocenters. The van der Waals surface area contributed by atoms with Crippen molar-refractivity contribution < 1.29 is 14.1 Å². The second-order valence-electron chi connectivity index (χ2n) is 8.78. The van der Waals surface area contributed by atoms with Gasteiger partial charge in [-0.05, 0) is 62.8 Å². The van der Waals surface area contributed by atoms with Crippen LogP contribution in [0.25, 0.3) is 11.4 Å². The Kier molecular flexibility index (Phi) is 5.70. The van der Waals surface area contributed by atoms with E-state index in [2.05, 4.69) is 20.1 Å². The van der Waals surface area contributed by atoms with E-state index >= 15 is 0 Å². The number of carbonyl (C=O) groups excluding carboxylic acids is 1. The molecule has 2 aliphatic heterocycles. The summed E-state index contributed by atoms with van der Waals surface area (Å²) in [5.41, 5.74) is 2.14. The highest BCUT2D eigenvalue weighted by atomic mass is 16.5. The fraction of sp³-hybridized carbons (Fsp3) is 0.458. The maximum Gasteiger partial charge on any atom is 0.255 e. The Morgan fingerprint density at radius 2 is 2.06 bits per heavy atom. The summed E-state index contributed by atoms with van der Waals surface area (Å²) in [5, 5.41) is 4.11. The number of piperidine rings is 1. The van der Waals surface area contributed by atoms with Gasteiger partial charge in [0, 0.05) is 56.0 Å². The number of carbonyl (C=O) groups is 1. The van der Waals surface area contributed by atoms with E-state index in [1.807, 2.05) is 36.1 Å². The van der Waals surface area contributed by atoms with E-state index in [1.54, 1.807) is 18.6 Å². The lowest BCUT2D eigenvalue weighted by Gasteiger charge is -2.46. The topological polar surface area (TPSA) is 94.2 Å². The zero-order chi connectivity index (χ0) is 22.0. The molecule has 1 spiro atoms. The molecule has 32 heavy (non-hydrogen) atoms. The van der Waals surface area contributed by atoms with Gasteiger partial charge < -0.3 is 14.2 Å². The van der Waals surface area contributed by atoms with E-state index in [4.69, 9.17) is 9.26 Å². The zero-order valence-electron chi connectivity index (χ0n) is 18.2. The number of ether oxygens (including phenoxy) is 1. The van der Waals surface area contributed by atoms with Crippen molar-refractivity contribution in [3.05, 3.63) is 60.0 Å². The minimum Gasteiger partial charge on any atom is -0.375 e. The van der Waals surface area contributed by atoms with Crippen LogP contribution < -0.4 is 0 Å². The van der Waals surface area contributed by atoms with Crippen molar-refractivity contribution in [1.29, 1.82) is 0 Å². The summed E-state index contributed by atoms with van der Waals surface area (Å²) in [6.07, 6.45) is 9.54. The number of aryl methyl sites for hydroxylation is 1. The molecule has 1 unspecified atom stereocenters. The number of hydrogen-bond donors (Lipinski definition) is 0. The molecule has 8 heteroatoms. The highest BCUT2D eigenvalue weighted by molar-refractivity contribution is 5.95. The highest BCUT2D eigenvalue weighted by Crippen LogP contribution is 2.39. The fourth-order valence-electron chi connectivity index (χ4n) is 4.85. The number of pyridine rings is 2. The quantitative estimate of drug-likeness (QED) is 0.622. The predicted molar refractivity (Wildman–Crippen MR) is 117 cm³/mol. The minimum absolute atomic E-state index is 0.0617. The van der Waals surface area contributed by atoms with Gasteiger partial charge in [0.1, 0.15) is 0 Å². The molecule has 0 bridgehead atoms. The molecule has 0 N–H and O–H groups in total.